The Hall–Kier alpha value is -2.45. The maximum Gasteiger partial charge on any atom is 0.240 e. The van der Waals surface area contributed by atoms with E-state index in [1.807, 2.05) is 6.07 Å². The highest BCUT2D eigenvalue weighted by Crippen LogP contribution is 2.25. The SMILES string of the molecule is COc1cc(F)ccc1NC(=O)CCNS(=O)(=O)c1ccc2c(c1)CCCC2. The van der Waals surface area contributed by atoms with Gasteiger partial charge in [-0.25, -0.2) is 17.5 Å². The molecule has 150 valence electrons. The number of ether oxygens (including phenoxy) is 1. The number of aryl methyl sites for hydroxylation is 2. The van der Waals surface area contributed by atoms with Crippen molar-refractivity contribution in [3.05, 3.63) is 53.3 Å². The maximum atomic E-state index is 13.2. The van der Waals surface area contributed by atoms with E-state index in [9.17, 15) is 17.6 Å². The Morgan fingerprint density at radius 3 is 2.61 bits per heavy atom. The summed E-state index contributed by atoms with van der Waals surface area (Å²) in [7, 11) is -2.31. The van der Waals surface area contributed by atoms with Gasteiger partial charge in [-0.2, -0.15) is 0 Å². The summed E-state index contributed by atoms with van der Waals surface area (Å²) in [5.74, 6) is -0.686. The van der Waals surface area contributed by atoms with Crippen LogP contribution in [-0.2, 0) is 27.7 Å². The van der Waals surface area contributed by atoms with E-state index in [4.69, 9.17) is 4.74 Å². The summed E-state index contributed by atoms with van der Waals surface area (Å²) in [5, 5.41) is 2.59. The molecule has 0 spiro atoms. The number of carbonyl (C=O) groups is 1. The molecule has 1 aliphatic carbocycles. The van der Waals surface area contributed by atoms with Crippen LogP contribution in [0.4, 0.5) is 10.1 Å². The van der Waals surface area contributed by atoms with E-state index in [0.717, 1.165) is 37.3 Å². The molecule has 6 nitrogen and oxygen atoms in total. The van der Waals surface area contributed by atoms with Crippen LogP contribution in [0.15, 0.2) is 41.3 Å². The van der Waals surface area contributed by atoms with Crippen LogP contribution >= 0.6 is 0 Å². The monoisotopic (exact) mass is 406 g/mol. The number of benzene rings is 2. The van der Waals surface area contributed by atoms with Crippen molar-refractivity contribution in [3.63, 3.8) is 0 Å². The van der Waals surface area contributed by atoms with Crippen molar-refractivity contribution in [1.29, 1.82) is 0 Å². The summed E-state index contributed by atoms with van der Waals surface area (Å²) < 4.78 is 45.7. The summed E-state index contributed by atoms with van der Waals surface area (Å²) in [6.07, 6.45) is 4.00. The minimum Gasteiger partial charge on any atom is -0.494 e. The zero-order chi connectivity index (χ0) is 20.1. The molecule has 0 saturated carbocycles. The molecule has 0 heterocycles. The number of nitrogens with one attached hydrogen (secondary N) is 2. The highest BCUT2D eigenvalue weighted by atomic mass is 32.2. The van der Waals surface area contributed by atoms with Gasteiger partial charge in [0, 0.05) is 19.0 Å². The van der Waals surface area contributed by atoms with E-state index in [1.54, 1.807) is 12.1 Å². The lowest BCUT2D eigenvalue weighted by Gasteiger charge is -2.16. The van der Waals surface area contributed by atoms with Crippen molar-refractivity contribution in [2.45, 2.75) is 37.0 Å². The molecule has 1 aliphatic rings. The lowest BCUT2D eigenvalue weighted by Crippen LogP contribution is -2.28. The van der Waals surface area contributed by atoms with Crippen molar-refractivity contribution in [2.24, 2.45) is 0 Å². The number of carbonyl (C=O) groups excluding carboxylic acids is 1. The lowest BCUT2D eigenvalue weighted by atomic mass is 9.92. The van der Waals surface area contributed by atoms with Gasteiger partial charge >= 0.3 is 0 Å². The van der Waals surface area contributed by atoms with Gasteiger partial charge in [-0.15, -0.1) is 0 Å². The van der Waals surface area contributed by atoms with Crippen molar-refractivity contribution in [2.75, 3.05) is 19.0 Å². The number of sulfonamides is 1. The van der Waals surface area contributed by atoms with E-state index in [-0.39, 0.29) is 23.6 Å². The number of hydrogen-bond donors (Lipinski definition) is 2. The van der Waals surface area contributed by atoms with Crippen LogP contribution in [0.3, 0.4) is 0 Å². The van der Waals surface area contributed by atoms with Gasteiger partial charge in [-0.1, -0.05) is 6.07 Å². The first-order valence-electron chi connectivity index (χ1n) is 9.14. The molecule has 0 bridgehead atoms. The zero-order valence-corrected chi connectivity index (χ0v) is 16.4. The number of hydrogen-bond acceptors (Lipinski definition) is 4. The standard InChI is InChI=1S/C20H23FN2O4S/c1-27-19-13-16(21)7-9-18(19)23-20(24)10-11-22-28(25,26)17-8-6-14-4-2-3-5-15(14)12-17/h6-9,12-13,22H,2-5,10-11H2,1H3,(H,23,24). The molecule has 2 aromatic rings. The van der Waals surface area contributed by atoms with Crippen LogP contribution in [0.5, 0.6) is 5.75 Å². The van der Waals surface area contributed by atoms with Crippen LogP contribution in [0.1, 0.15) is 30.4 Å². The van der Waals surface area contributed by atoms with Gasteiger partial charge in [0.15, 0.2) is 0 Å². The van der Waals surface area contributed by atoms with E-state index in [2.05, 4.69) is 10.0 Å². The molecule has 8 heteroatoms. The Kier molecular flexibility index (Phi) is 6.31. The third kappa shape index (κ3) is 4.88. The van der Waals surface area contributed by atoms with Gasteiger partial charge in [0.1, 0.15) is 11.6 Å². The molecule has 3 rings (SSSR count). The Labute approximate surface area is 164 Å². The van der Waals surface area contributed by atoms with Crippen LogP contribution < -0.4 is 14.8 Å². The minimum absolute atomic E-state index is 0.0469. The van der Waals surface area contributed by atoms with Gasteiger partial charge in [-0.05, 0) is 61.1 Å². The van der Waals surface area contributed by atoms with Gasteiger partial charge in [-0.3, -0.25) is 4.79 Å². The van der Waals surface area contributed by atoms with Crippen LogP contribution in [0.2, 0.25) is 0 Å². The fraction of sp³-hybridized carbons (Fsp3) is 0.350. The average Bonchev–Trinajstić information content (AvgIpc) is 2.68. The van der Waals surface area contributed by atoms with Gasteiger partial charge in [0.25, 0.3) is 0 Å². The molecule has 2 N–H and O–H groups in total. The number of halogens is 1. The van der Waals surface area contributed by atoms with Crippen LogP contribution in [0, 0.1) is 5.82 Å². The average molecular weight is 406 g/mol. The first-order valence-corrected chi connectivity index (χ1v) is 10.6. The van der Waals surface area contributed by atoms with Crippen molar-refractivity contribution in [1.82, 2.24) is 4.72 Å². The molecule has 0 fully saturated rings. The normalized spacial score (nSPS) is 13.6. The summed E-state index contributed by atoms with van der Waals surface area (Å²) in [5.41, 5.74) is 2.61. The molecular weight excluding hydrogens is 383 g/mol. The number of fused-ring (bicyclic) bond motifs is 1. The van der Waals surface area contributed by atoms with E-state index in [0.29, 0.717) is 5.69 Å². The molecular formula is C20H23FN2O4S. The van der Waals surface area contributed by atoms with Crippen LogP contribution in [-0.4, -0.2) is 28.0 Å². The third-order valence-electron chi connectivity index (χ3n) is 4.71. The van der Waals surface area contributed by atoms with E-state index in [1.165, 1.54) is 24.8 Å². The van der Waals surface area contributed by atoms with Crippen LogP contribution in [0.25, 0.3) is 0 Å². The fourth-order valence-electron chi connectivity index (χ4n) is 3.24. The number of rotatable bonds is 7. The summed E-state index contributed by atoms with van der Waals surface area (Å²) >= 11 is 0. The molecule has 0 atom stereocenters. The van der Waals surface area contributed by atoms with Gasteiger partial charge < -0.3 is 10.1 Å². The van der Waals surface area contributed by atoms with Crippen molar-refractivity contribution < 1.29 is 22.3 Å². The number of methoxy groups -OCH3 is 1. The summed E-state index contributed by atoms with van der Waals surface area (Å²) in [6.45, 7) is -0.0469. The Morgan fingerprint density at radius 2 is 1.86 bits per heavy atom. The molecule has 0 unspecified atom stereocenters. The summed E-state index contributed by atoms with van der Waals surface area (Å²) in [6, 6.07) is 8.96. The number of anilines is 1. The zero-order valence-electron chi connectivity index (χ0n) is 15.6. The number of amides is 1. The topological polar surface area (TPSA) is 84.5 Å². The first kappa shape index (κ1) is 20.3. The Bertz CT molecular complexity index is 976. The second-order valence-corrected chi connectivity index (χ2v) is 8.45. The van der Waals surface area contributed by atoms with E-state index < -0.39 is 21.7 Å². The molecule has 0 aromatic heterocycles. The molecule has 1 amide bonds. The second kappa shape index (κ2) is 8.70. The molecule has 0 saturated heterocycles. The largest absolute Gasteiger partial charge is 0.494 e. The molecule has 2 aromatic carbocycles. The third-order valence-corrected chi connectivity index (χ3v) is 6.17. The quantitative estimate of drug-likeness (QED) is 0.740. The van der Waals surface area contributed by atoms with Gasteiger partial charge in [0.05, 0.1) is 17.7 Å². The predicted molar refractivity (Wildman–Crippen MR) is 104 cm³/mol. The fourth-order valence-corrected chi connectivity index (χ4v) is 4.32. The molecule has 0 aliphatic heterocycles. The highest BCUT2D eigenvalue weighted by Gasteiger charge is 2.18. The molecule has 28 heavy (non-hydrogen) atoms. The second-order valence-electron chi connectivity index (χ2n) is 6.68. The lowest BCUT2D eigenvalue weighted by molar-refractivity contribution is -0.116. The minimum atomic E-state index is -3.69. The Balaban J connectivity index is 1.57. The van der Waals surface area contributed by atoms with Gasteiger partial charge in [0.2, 0.25) is 15.9 Å². The van der Waals surface area contributed by atoms with E-state index >= 15 is 0 Å². The highest BCUT2D eigenvalue weighted by molar-refractivity contribution is 7.89. The Morgan fingerprint density at radius 1 is 1.11 bits per heavy atom. The smallest absolute Gasteiger partial charge is 0.240 e. The first-order chi connectivity index (χ1) is 13.4. The maximum absolute atomic E-state index is 13.2. The molecule has 0 radical (unpaired) electrons. The summed E-state index contributed by atoms with van der Waals surface area (Å²) in [4.78, 5) is 12.3. The van der Waals surface area contributed by atoms with Crippen molar-refractivity contribution in [3.8, 4) is 5.75 Å². The van der Waals surface area contributed by atoms with Crippen molar-refractivity contribution >= 4 is 21.6 Å². The predicted octanol–water partition coefficient (Wildman–Crippen LogP) is 3.02.